The van der Waals surface area contributed by atoms with Gasteiger partial charge in [0.15, 0.2) is 0 Å². The number of likely N-dealkylation sites (N-methyl/N-ethyl adjacent to an activating group) is 1. The summed E-state index contributed by atoms with van der Waals surface area (Å²) < 4.78 is 5.72. The van der Waals surface area contributed by atoms with Crippen LogP contribution >= 0.6 is 11.3 Å². The first-order chi connectivity index (χ1) is 9.11. The Bertz CT molecular complexity index is 492. The number of hydrogen-bond acceptors (Lipinski definition) is 4. The van der Waals surface area contributed by atoms with Crippen LogP contribution in [0.3, 0.4) is 0 Å². The highest BCUT2D eigenvalue weighted by Gasteiger charge is 2.23. The standard InChI is InChI=1S/C15H22N2OS/c1-11(9-13-5-4-8-19-13)17(3)14(10-16)15-7-6-12(2)18-15/h4-8,11,14H,9-10,16H2,1-3H3. The van der Waals surface area contributed by atoms with Crippen LogP contribution in [-0.2, 0) is 6.42 Å². The molecule has 0 saturated carbocycles. The number of nitrogens with zero attached hydrogens (tertiary/aromatic N) is 1. The molecule has 0 radical (unpaired) electrons. The molecule has 2 N–H and O–H groups in total. The zero-order valence-corrected chi connectivity index (χ0v) is 12.6. The molecular formula is C15H22N2OS. The average Bonchev–Trinajstić information content (AvgIpc) is 3.02. The van der Waals surface area contributed by atoms with E-state index >= 15 is 0 Å². The predicted octanol–water partition coefficient (Wildman–Crippen LogP) is 3.21. The molecule has 3 nitrogen and oxygen atoms in total. The third-order valence-corrected chi connectivity index (χ3v) is 4.48. The quantitative estimate of drug-likeness (QED) is 0.882. The maximum atomic E-state index is 5.93. The van der Waals surface area contributed by atoms with Crippen LogP contribution in [0.15, 0.2) is 34.1 Å². The molecule has 2 atom stereocenters. The van der Waals surface area contributed by atoms with Gasteiger partial charge < -0.3 is 10.2 Å². The molecule has 0 bridgehead atoms. The summed E-state index contributed by atoms with van der Waals surface area (Å²) in [6.07, 6.45) is 1.05. The number of thiophene rings is 1. The van der Waals surface area contributed by atoms with Gasteiger partial charge in [-0.25, -0.2) is 0 Å². The van der Waals surface area contributed by atoms with Crippen LogP contribution in [0.4, 0.5) is 0 Å². The highest BCUT2D eigenvalue weighted by Crippen LogP contribution is 2.24. The molecule has 2 aromatic rings. The topological polar surface area (TPSA) is 42.4 Å². The maximum absolute atomic E-state index is 5.93. The van der Waals surface area contributed by atoms with Gasteiger partial charge >= 0.3 is 0 Å². The zero-order chi connectivity index (χ0) is 13.8. The zero-order valence-electron chi connectivity index (χ0n) is 11.8. The van der Waals surface area contributed by atoms with Crippen molar-refractivity contribution < 1.29 is 4.42 Å². The van der Waals surface area contributed by atoms with Crippen LogP contribution < -0.4 is 5.73 Å². The largest absolute Gasteiger partial charge is 0.465 e. The maximum Gasteiger partial charge on any atom is 0.122 e. The molecule has 0 aromatic carbocycles. The Labute approximate surface area is 119 Å². The number of rotatable bonds is 6. The number of aryl methyl sites for hydroxylation is 1. The predicted molar refractivity (Wildman–Crippen MR) is 80.5 cm³/mol. The smallest absolute Gasteiger partial charge is 0.122 e. The summed E-state index contributed by atoms with van der Waals surface area (Å²) in [5.74, 6) is 1.90. The van der Waals surface area contributed by atoms with Crippen LogP contribution in [0.5, 0.6) is 0 Å². The first-order valence-electron chi connectivity index (χ1n) is 6.62. The Morgan fingerprint density at radius 3 is 2.68 bits per heavy atom. The van der Waals surface area contributed by atoms with Gasteiger partial charge in [-0.2, -0.15) is 0 Å². The van der Waals surface area contributed by atoms with E-state index in [4.69, 9.17) is 10.2 Å². The third kappa shape index (κ3) is 3.47. The van der Waals surface area contributed by atoms with E-state index in [2.05, 4.69) is 36.4 Å². The fourth-order valence-corrected chi connectivity index (χ4v) is 3.11. The molecule has 0 amide bonds. The lowest BCUT2D eigenvalue weighted by Gasteiger charge is -2.31. The highest BCUT2D eigenvalue weighted by molar-refractivity contribution is 7.09. The van der Waals surface area contributed by atoms with Gasteiger partial charge in [0.05, 0.1) is 6.04 Å². The molecule has 0 saturated heterocycles. The van der Waals surface area contributed by atoms with Gasteiger partial charge in [0.1, 0.15) is 11.5 Å². The Kier molecular flexibility index (Phi) is 4.80. The van der Waals surface area contributed by atoms with Crippen molar-refractivity contribution in [3.63, 3.8) is 0 Å². The van der Waals surface area contributed by atoms with E-state index in [-0.39, 0.29) is 6.04 Å². The van der Waals surface area contributed by atoms with Gasteiger partial charge in [0.25, 0.3) is 0 Å². The normalized spacial score (nSPS) is 14.8. The van der Waals surface area contributed by atoms with Gasteiger partial charge in [0.2, 0.25) is 0 Å². The van der Waals surface area contributed by atoms with E-state index in [0.717, 1.165) is 17.9 Å². The Balaban J connectivity index is 2.05. The van der Waals surface area contributed by atoms with Gasteiger partial charge in [-0.05, 0) is 50.9 Å². The minimum Gasteiger partial charge on any atom is -0.465 e. The first kappa shape index (κ1) is 14.3. The molecule has 104 valence electrons. The lowest BCUT2D eigenvalue weighted by molar-refractivity contribution is 0.167. The molecule has 0 aliphatic rings. The van der Waals surface area contributed by atoms with Crippen LogP contribution in [-0.4, -0.2) is 24.5 Å². The summed E-state index contributed by atoms with van der Waals surface area (Å²) in [7, 11) is 2.12. The Morgan fingerprint density at radius 2 is 2.16 bits per heavy atom. The monoisotopic (exact) mass is 278 g/mol. The van der Waals surface area contributed by atoms with Crippen molar-refractivity contribution in [2.24, 2.45) is 5.73 Å². The minimum atomic E-state index is 0.142. The molecule has 4 heteroatoms. The first-order valence-corrected chi connectivity index (χ1v) is 7.50. The lowest BCUT2D eigenvalue weighted by Crippen LogP contribution is -2.37. The van der Waals surface area contributed by atoms with Gasteiger partial charge in [-0.15, -0.1) is 11.3 Å². The van der Waals surface area contributed by atoms with Crippen molar-refractivity contribution in [2.45, 2.75) is 32.4 Å². The molecule has 0 spiro atoms. The summed E-state index contributed by atoms with van der Waals surface area (Å²) in [5, 5.41) is 2.12. The summed E-state index contributed by atoms with van der Waals surface area (Å²) in [4.78, 5) is 3.71. The van der Waals surface area contributed by atoms with E-state index in [9.17, 15) is 0 Å². The van der Waals surface area contributed by atoms with Crippen molar-refractivity contribution in [3.8, 4) is 0 Å². The van der Waals surface area contributed by atoms with Gasteiger partial charge in [-0.3, -0.25) is 4.90 Å². The summed E-state index contributed by atoms with van der Waals surface area (Å²) in [6, 6.07) is 8.88. The van der Waals surface area contributed by atoms with Crippen molar-refractivity contribution >= 4 is 11.3 Å². The van der Waals surface area contributed by atoms with E-state index < -0.39 is 0 Å². The molecule has 0 aliphatic carbocycles. The summed E-state index contributed by atoms with van der Waals surface area (Å²) >= 11 is 1.81. The Morgan fingerprint density at radius 1 is 1.37 bits per heavy atom. The second-order valence-electron chi connectivity index (χ2n) is 5.00. The molecule has 19 heavy (non-hydrogen) atoms. The second kappa shape index (κ2) is 6.37. The molecule has 2 rings (SSSR count). The molecule has 2 unspecified atom stereocenters. The SMILES string of the molecule is Cc1ccc(C(CN)N(C)C(C)Cc2cccs2)o1. The molecule has 0 aliphatic heterocycles. The third-order valence-electron chi connectivity index (χ3n) is 3.58. The van der Waals surface area contributed by atoms with Crippen molar-refractivity contribution in [1.29, 1.82) is 0 Å². The highest BCUT2D eigenvalue weighted by atomic mass is 32.1. The number of hydrogen-bond donors (Lipinski definition) is 1. The molecule has 2 aromatic heterocycles. The molecule has 0 fully saturated rings. The van der Waals surface area contributed by atoms with Crippen molar-refractivity contribution in [3.05, 3.63) is 46.0 Å². The van der Waals surface area contributed by atoms with Gasteiger partial charge in [0, 0.05) is 17.5 Å². The van der Waals surface area contributed by atoms with E-state index in [1.165, 1.54) is 4.88 Å². The van der Waals surface area contributed by atoms with Crippen molar-refractivity contribution in [1.82, 2.24) is 4.90 Å². The van der Waals surface area contributed by atoms with Crippen molar-refractivity contribution in [2.75, 3.05) is 13.6 Å². The molecule has 2 heterocycles. The van der Waals surface area contributed by atoms with Crippen LogP contribution in [0, 0.1) is 6.92 Å². The van der Waals surface area contributed by atoms with Crippen LogP contribution in [0.25, 0.3) is 0 Å². The van der Waals surface area contributed by atoms with Gasteiger partial charge in [-0.1, -0.05) is 6.07 Å². The second-order valence-corrected chi connectivity index (χ2v) is 6.03. The minimum absolute atomic E-state index is 0.142. The fraction of sp³-hybridized carbons (Fsp3) is 0.467. The van der Waals surface area contributed by atoms with E-state index in [0.29, 0.717) is 12.6 Å². The number of nitrogens with two attached hydrogens (primary N) is 1. The lowest BCUT2D eigenvalue weighted by atomic mass is 10.1. The average molecular weight is 278 g/mol. The van der Waals surface area contributed by atoms with E-state index in [1.54, 1.807) is 11.3 Å². The number of furan rings is 1. The van der Waals surface area contributed by atoms with Crippen LogP contribution in [0.2, 0.25) is 0 Å². The Hall–Kier alpha value is -1.10. The summed E-state index contributed by atoms with van der Waals surface area (Å²) in [6.45, 7) is 4.77. The fourth-order valence-electron chi connectivity index (χ4n) is 2.29. The molecular weight excluding hydrogens is 256 g/mol. The van der Waals surface area contributed by atoms with E-state index in [1.807, 2.05) is 19.1 Å². The summed E-state index contributed by atoms with van der Waals surface area (Å²) in [5.41, 5.74) is 5.93. The van der Waals surface area contributed by atoms with Crippen LogP contribution in [0.1, 0.15) is 29.4 Å².